The molecule has 0 radical (unpaired) electrons. The van der Waals surface area contributed by atoms with Gasteiger partial charge in [0.15, 0.2) is 0 Å². The van der Waals surface area contributed by atoms with E-state index >= 15 is 0 Å². The molecule has 1 aliphatic rings. The molecule has 0 aliphatic carbocycles. The average Bonchev–Trinajstić information content (AvgIpc) is 2.65. The van der Waals surface area contributed by atoms with E-state index in [0.717, 1.165) is 12.8 Å². The van der Waals surface area contributed by atoms with Crippen molar-refractivity contribution in [2.45, 2.75) is 38.8 Å². The van der Waals surface area contributed by atoms with Gasteiger partial charge in [-0.2, -0.15) is 0 Å². The second kappa shape index (κ2) is 5.47. The predicted molar refractivity (Wildman–Crippen MR) is 59.4 cm³/mol. The molecule has 0 aromatic rings. The van der Waals surface area contributed by atoms with Crippen molar-refractivity contribution in [2.75, 3.05) is 20.3 Å². The molecule has 1 heterocycles. The van der Waals surface area contributed by atoms with Crippen LogP contribution in [0.25, 0.3) is 0 Å². The van der Waals surface area contributed by atoms with Crippen molar-refractivity contribution in [2.24, 2.45) is 11.7 Å². The SMILES string of the molecule is CCC(CC)N(C)C(=O)C1COCC1N. The van der Waals surface area contributed by atoms with Gasteiger partial charge in [0.25, 0.3) is 0 Å². The molecule has 2 atom stereocenters. The Morgan fingerprint density at radius 3 is 2.47 bits per heavy atom. The van der Waals surface area contributed by atoms with Gasteiger partial charge in [-0.15, -0.1) is 0 Å². The highest BCUT2D eigenvalue weighted by atomic mass is 16.5. The van der Waals surface area contributed by atoms with E-state index in [0.29, 0.717) is 19.3 Å². The largest absolute Gasteiger partial charge is 0.379 e. The molecule has 0 spiro atoms. The number of nitrogens with two attached hydrogens (primary N) is 1. The van der Waals surface area contributed by atoms with Crippen molar-refractivity contribution in [1.29, 1.82) is 0 Å². The topological polar surface area (TPSA) is 55.6 Å². The van der Waals surface area contributed by atoms with Crippen LogP contribution in [0.1, 0.15) is 26.7 Å². The third-order valence-electron chi connectivity index (χ3n) is 3.28. The molecule has 1 fully saturated rings. The first kappa shape index (κ1) is 12.5. The number of ether oxygens (including phenoxy) is 1. The van der Waals surface area contributed by atoms with Gasteiger partial charge < -0.3 is 15.4 Å². The second-order valence-electron chi connectivity index (χ2n) is 4.23. The molecule has 15 heavy (non-hydrogen) atoms. The smallest absolute Gasteiger partial charge is 0.229 e. The van der Waals surface area contributed by atoms with Crippen LogP contribution in [0.3, 0.4) is 0 Å². The van der Waals surface area contributed by atoms with Crippen LogP contribution in [0, 0.1) is 5.92 Å². The molecule has 0 aromatic heterocycles. The Bertz CT molecular complexity index is 217. The number of carbonyl (C=O) groups is 1. The summed E-state index contributed by atoms with van der Waals surface area (Å²) in [7, 11) is 1.87. The van der Waals surface area contributed by atoms with E-state index in [1.165, 1.54) is 0 Å². The Kier molecular flexibility index (Phi) is 4.54. The van der Waals surface area contributed by atoms with Crippen molar-refractivity contribution in [1.82, 2.24) is 4.90 Å². The second-order valence-corrected chi connectivity index (χ2v) is 4.23. The first-order chi connectivity index (χ1) is 7.11. The standard InChI is InChI=1S/C11H22N2O2/c1-4-8(5-2)13(3)11(14)9-6-15-7-10(9)12/h8-10H,4-7,12H2,1-3H3. The van der Waals surface area contributed by atoms with Gasteiger partial charge in [-0.1, -0.05) is 13.8 Å². The van der Waals surface area contributed by atoms with Crippen LogP contribution in [0.2, 0.25) is 0 Å². The summed E-state index contributed by atoms with van der Waals surface area (Å²) in [5.74, 6) is -0.00991. The van der Waals surface area contributed by atoms with Gasteiger partial charge >= 0.3 is 0 Å². The van der Waals surface area contributed by atoms with Crippen molar-refractivity contribution >= 4 is 5.91 Å². The number of hydrogen-bond acceptors (Lipinski definition) is 3. The molecule has 0 saturated carbocycles. The lowest BCUT2D eigenvalue weighted by Crippen LogP contribution is -2.45. The average molecular weight is 214 g/mol. The van der Waals surface area contributed by atoms with Gasteiger partial charge in [-0.05, 0) is 12.8 Å². The molecule has 1 rings (SSSR count). The first-order valence-electron chi connectivity index (χ1n) is 5.71. The van der Waals surface area contributed by atoms with Crippen LogP contribution in [0.4, 0.5) is 0 Å². The van der Waals surface area contributed by atoms with Crippen LogP contribution in [-0.2, 0) is 9.53 Å². The highest BCUT2D eigenvalue weighted by molar-refractivity contribution is 5.80. The van der Waals surface area contributed by atoms with Crippen LogP contribution in [0.5, 0.6) is 0 Å². The molecule has 1 saturated heterocycles. The molecule has 1 aliphatic heterocycles. The monoisotopic (exact) mass is 214 g/mol. The first-order valence-corrected chi connectivity index (χ1v) is 5.71. The number of amides is 1. The molecule has 0 bridgehead atoms. The lowest BCUT2D eigenvalue weighted by Gasteiger charge is -2.29. The van der Waals surface area contributed by atoms with Gasteiger partial charge in [0.2, 0.25) is 5.91 Å². The Morgan fingerprint density at radius 1 is 1.47 bits per heavy atom. The molecule has 4 nitrogen and oxygen atoms in total. The highest BCUT2D eigenvalue weighted by Crippen LogP contribution is 2.17. The summed E-state index contributed by atoms with van der Waals surface area (Å²) >= 11 is 0. The lowest BCUT2D eigenvalue weighted by molar-refractivity contribution is -0.136. The van der Waals surface area contributed by atoms with Gasteiger partial charge in [0.1, 0.15) is 0 Å². The normalized spacial score (nSPS) is 25.9. The van der Waals surface area contributed by atoms with E-state index in [4.69, 9.17) is 10.5 Å². The fraction of sp³-hybridized carbons (Fsp3) is 0.909. The minimum absolute atomic E-state index is 0.130. The number of hydrogen-bond donors (Lipinski definition) is 1. The Labute approximate surface area is 91.8 Å². The number of nitrogens with zero attached hydrogens (tertiary/aromatic N) is 1. The zero-order chi connectivity index (χ0) is 11.4. The maximum atomic E-state index is 12.1. The van der Waals surface area contributed by atoms with Crippen LogP contribution in [-0.4, -0.2) is 43.2 Å². The molecule has 2 unspecified atom stereocenters. The maximum Gasteiger partial charge on any atom is 0.229 e. The summed E-state index contributed by atoms with van der Waals surface area (Å²) in [5, 5.41) is 0. The summed E-state index contributed by atoms with van der Waals surface area (Å²) in [6, 6.07) is 0.194. The van der Waals surface area contributed by atoms with E-state index in [1.54, 1.807) is 0 Å². The summed E-state index contributed by atoms with van der Waals surface area (Å²) in [4.78, 5) is 13.9. The van der Waals surface area contributed by atoms with Crippen molar-refractivity contribution in [3.8, 4) is 0 Å². The minimum atomic E-state index is -0.143. The van der Waals surface area contributed by atoms with Crippen LogP contribution < -0.4 is 5.73 Å². The fourth-order valence-electron chi connectivity index (χ4n) is 2.10. The quantitative estimate of drug-likeness (QED) is 0.746. The molecular weight excluding hydrogens is 192 g/mol. The van der Waals surface area contributed by atoms with E-state index in [2.05, 4.69) is 13.8 Å². The molecular formula is C11H22N2O2. The molecule has 4 heteroatoms. The summed E-state index contributed by atoms with van der Waals surface area (Å²) in [6.07, 6.45) is 1.98. The Morgan fingerprint density at radius 2 is 2.07 bits per heavy atom. The van der Waals surface area contributed by atoms with E-state index < -0.39 is 0 Å². The van der Waals surface area contributed by atoms with Gasteiger partial charge in [-0.25, -0.2) is 0 Å². The zero-order valence-electron chi connectivity index (χ0n) is 9.90. The van der Waals surface area contributed by atoms with Crippen molar-refractivity contribution in [3.05, 3.63) is 0 Å². The minimum Gasteiger partial charge on any atom is -0.379 e. The Balaban J connectivity index is 2.58. The van der Waals surface area contributed by atoms with Gasteiger partial charge in [0, 0.05) is 19.1 Å². The Hall–Kier alpha value is -0.610. The number of carbonyl (C=O) groups excluding carboxylic acids is 1. The molecule has 0 aromatic carbocycles. The van der Waals surface area contributed by atoms with Crippen molar-refractivity contribution in [3.63, 3.8) is 0 Å². The molecule has 88 valence electrons. The lowest BCUT2D eigenvalue weighted by atomic mass is 10.0. The maximum absolute atomic E-state index is 12.1. The molecule has 1 amide bonds. The third kappa shape index (κ3) is 2.69. The molecule has 2 N–H and O–H groups in total. The summed E-state index contributed by atoms with van der Waals surface area (Å²) in [6.45, 7) is 5.18. The van der Waals surface area contributed by atoms with Crippen LogP contribution in [0.15, 0.2) is 0 Å². The van der Waals surface area contributed by atoms with Crippen molar-refractivity contribution < 1.29 is 9.53 Å². The van der Waals surface area contributed by atoms with Gasteiger partial charge in [-0.3, -0.25) is 4.79 Å². The summed E-state index contributed by atoms with van der Waals surface area (Å²) in [5.41, 5.74) is 5.83. The number of rotatable bonds is 4. The highest BCUT2D eigenvalue weighted by Gasteiger charge is 2.34. The van der Waals surface area contributed by atoms with Crippen LogP contribution >= 0.6 is 0 Å². The summed E-state index contributed by atoms with van der Waals surface area (Å²) < 4.78 is 5.22. The van der Waals surface area contributed by atoms with E-state index in [9.17, 15) is 4.79 Å². The van der Waals surface area contributed by atoms with E-state index in [-0.39, 0.29) is 17.9 Å². The third-order valence-corrected chi connectivity index (χ3v) is 3.28. The fourth-order valence-corrected chi connectivity index (χ4v) is 2.10. The van der Waals surface area contributed by atoms with Gasteiger partial charge in [0.05, 0.1) is 19.1 Å². The van der Waals surface area contributed by atoms with E-state index in [1.807, 2.05) is 11.9 Å². The predicted octanol–water partition coefficient (Wildman–Crippen LogP) is 0.607. The zero-order valence-corrected chi connectivity index (χ0v) is 9.90.